The van der Waals surface area contributed by atoms with Gasteiger partial charge in [0.15, 0.2) is 0 Å². The number of aromatic nitrogens is 2. The molecule has 180 valence electrons. The van der Waals surface area contributed by atoms with Crippen LogP contribution in [0.1, 0.15) is 42.5 Å². The Morgan fingerprint density at radius 3 is 2.71 bits per heavy atom. The van der Waals surface area contributed by atoms with Crippen LogP contribution in [-0.4, -0.2) is 42.5 Å². The van der Waals surface area contributed by atoms with Gasteiger partial charge in [0, 0.05) is 41.7 Å². The summed E-state index contributed by atoms with van der Waals surface area (Å²) in [6.45, 7) is 0.752. The van der Waals surface area contributed by atoms with E-state index in [2.05, 4.69) is 19.0 Å². The number of nitrogens with one attached hydrogen (secondary N) is 1. The maximum Gasteiger partial charge on any atom is 0.263 e. The van der Waals surface area contributed by atoms with E-state index in [0.717, 1.165) is 35.5 Å². The van der Waals surface area contributed by atoms with E-state index in [1.165, 1.54) is 24.5 Å². The van der Waals surface area contributed by atoms with Gasteiger partial charge in [-0.2, -0.15) is 4.37 Å². The van der Waals surface area contributed by atoms with Crippen molar-refractivity contribution in [3.05, 3.63) is 65.7 Å². The second-order valence-electron chi connectivity index (χ2n) is 8.55. The zero-order chi connectivity index (χ0) is 23.7. The molecule has 1 N–H and O–H groups in total. The van der Waals surface area contributed by atoms with E-state index in [1.54, 1.807) is 24.3 Å². The molecule has 3 atom stereocenters. The third-order valence-electron chi connectivity index (χ3n) is 6.51. The first kappa shape index (κ1) is 23.1. The van der Waals surface area contributed by atoms with Crippen LogP contribution in [0.5, 0.6) is 5.75 Å². The van der Waals surface area contributed by atoms with Gasteiger partial charge in [0.1, 0.15) is 17.9 Å². The smallest absolute Gasteiger partial charge is 0.263 e. The standard InChI is InChI=1S/C23H24F2N4O3S2/c24-13-15-7-9-29(21(11-15)16-1-3-17(25)4-2-16)20-8-10-32-22-12-18(5-6-19(20)22)34(30,31)28-23-26-14-27-33-23/h1-6,12,14-15,20-21H,7-11,13H2,(H,26,27,28)/t15-,20?,21+/m1/s1. The maximum absolute atomic E-state index is 13.6. The number of nitrogens with zero attached hydrogens (tertiary/aromatic N) is 3. The van der Waals surface area contributed by atoms with Crippen LogP contribution < -0.4 is 9.46 Å². The molecule has 2 aromatic carbocycles. The van der Waals surface area contributed by atoms with Crippen molar-refractivity contribution < 1.29 is 21.9 Å². The molecule has 0 radical (unpaired) electrons. The minimum absolute atomic E-state index is 0.0211. The summed E-state index contributed by atoms with van der Waals surface area (Å²) in [6, 6.07) is 11.2. The van der Waals surface area contributed by atoms with Crippen molar-refractivity contribution in [1.82, 2.24) is 14.3 Å². The fourth-order valence-corrected chi connectivity index (χ4v) is 6.51. The van der Waals surface area contributed by atoms with Gasteiger partial charge in [0.2, 0.25) is 5.13 Å². The summed E-state index contributed by atoms with van der Waals surface area (Å²) in [6.07, 6.45) is 3.39. The fourth-order valence-electron chi connectivity index (χ4n) is 4.84. The number of rotatable bonds is 6. The highest BCUT2D eigenvalue weighted by atomic mass is 32.2. The molecule has 2 aliphatic heterocycles. The summed E-state index contributed by atoms with van der Waals surface area (Å²) in [4.78, 5) is 6.28. The summed E-state index contributed by atoms with van der Waals surface area (Å²) in [5.74, 6) is 0.173. The minimum atomic E-state index is -3.84. The Hall–Kier alpha value is -2.63. The molecule has 1 saturated heterocycles. The predicted octanol–water partition coefficient (Wildman–Crippen LogP) is 4.72. The average molecular weight is 507 g/mol. The quantitative estimate of drug-likeness (QED) is 0.521. The highest BCUT2D eigenvalue weighted by Crippen LogP contribution is 2.45. The Morgan fingerprint density at radius 2 is 1.97 bits per heavy atom. The number of alkyl halides is 1. The lowest BCUT2D eigenvalue weighted by atomic mass is 9.85. The van der Waals surface area contributed by atoms with E-state index in [4.69, 9.17) is 4.74 Å². The Balaban J connectivity index is 1.45. The molecule has 0 spiro atoms. The first-order valence-corrected chi connectivity index (χ1v) is 13.3. The second-order valence-corrected chi connectivity index (χ2v) is 11.0. The molecule has 1 fully saturated rings. The second kappa shape index (κ2) is 9.55. The molecule has 0 amide bonds. The number of anilines is 1. The highest BCUT2D eigenvalue weighted by Gasteiger charge is 2.37. The van der Waals surface area contributed by atoms with Crippen molar-refractivity contribution in [3.63, 3.8) is 0 Å². The molecule has 0 aliphatic carbocycles. The number of piperidine rings is 1. The largest absolute Gasteiger partial charge is 0.493 e. The first-order valence-electron chi connectivity index (χ1n) is 11.1. The lowest BCUT2D eigenvalue weighted by Gasteiger charge is -2.45. The van der Waals surface area contributed by atoms with Gasteiger partial charge in [0.05, 0.1) is 18.2 Å². The van der Waals surface area contributed by atoms with Crippen LogP contribution in [0.2, 0.25) is 0 Å². The van der Waals surface area contributed by atoms with Crippen molar-refractivity contribution in [2.75, 3.05) is 24.5 Å². The third-order valence-corrected chi connectivity index (χ3v) is 8.56. The Labute approximate surface area is 201 Å². The lowest BCUT2D eigenvalue weighted by Crippen LogP contribution is -2.41. The minimum Gasteiger partial charge on any atom is -0.493 e. The van der Waals surface area contributed by atoms with E-state index in [0.29, 0.717) is 25.3 Å². The summed E-state index contributed by atoms with van der Waals surface area (Å²) in [7, 11) is -3.84. The van der Waals surface area contributed by atoms with E-state index < -0.39 is 10.0 Å². The van der Waals surface area contributed by atoms with Crippen LogP contribution in [0.15, 0.2) is 53.7 Å². The maximum atomic E-state index is 13.6. The van der Waals surface area contributed by atoms with Crippen LogP contribution in [0.25, 0.3) is 0 Å². The van der Waals surface area contributed by atoms with Gasteiger partial charge < -0.3 is 4.74 Å². The van der Waals surface area contributed by atoms with Crippen molar-refractivity contribution in [2.45, 2.75) is 36.2 Å². The monoisotopic (exact) mass is 506 g/mol. The molecular formula is C23H24F2N4O3S2. The van der Waals surface area contributed by atoms with Crippen molar-refractivity contribution >= 4 is 26.7 Å². The van der Waals surface area contributed by atoms with Crippen molar-refractivity contribution in [1.29, 1.82) is 0 Å². The van der Waals surface area contributed by atoms with Gasteiger partial charge >= 0.3 is 0 Å². The molecule has 34 heavy (non-hydrogen) atoms. The van der Waals surface area contributed by atoms with E-state index in [1.807, 2.05) is 0 Å². The van der Waals surface area contributed by atoms with Crippen LogP contribution in [0.4, 0.5) is 13.9 Å². The number of benzene rings is 2. The fraction of sp³-hybridized carbons (Fsp3) is 0.391. The Kier molecular flexibility index (Phi) is 6.50. The summed E-state index contributed by atoms with van der Waals surface area (Å²) in [5.41, 5.74) is 1.85. The van der Waals surface area contributed by atoms with Crippen LogP contribution in [0, 0.1) is 11.7 Å². The molecule has 0 bridgehead atoms. The predicted molar refractivity (Wildman–Crippen MR) is 125 cm³/mol. The number of fused-ring (bicyclic) bond motifs is 1. The number of likely N-dealkylation sites (tertiary alicyclic amines) is 1. The molecule has 11 heteroatoms. The van der Waals surface area contributed by atoms with E-state index >= 15 is 0 Å². The van der Waals surface area contributed by atoms with E-state index in [-0.39, 0.29) is 40.5 Å². The molecule has 2 aliphatic rings. The average Bonchev–Trinajstić information content (AvgIpc) is 3.36. The molecule has 3 heterocycles. The number of hydrogen-bond donors (Lipinski definition) is 1. The van der Waals surface area contributed by atoms with Crippen LogP contribution in [0.3, 0.4) is 0 Å². The van der Waals surface area contributed by atoms with Crippen LogP contribution >= 0.6 is 11.5 Å². The molecular weight excluding hydrogens is 482 g/mol. The van der Waals surface area contributed by atoms with Crippen molar-refractivity contribution in [3.8, 4) is 5.75 Å². The lowest BCUT2D eigenvalue weighted by molar-refractivity contribution is 0.0394. The molecule has 1 aromatic heterocycles. The molecule has 0 saturated carbocycles. The molecule has 7 nitrogen and oxygen atoms in total. The van der Waals surface area contributed by atoms with Crippen LogP contribution in [-0.2, 0) is 10.0 Å². The number of sulfonamides is 1. The SMILES string of the molecule is O=S(=O)(Nc1ncns1)c1ccc2c(c1)OCCC2N1CC[C@@H](CF)C[C@H]1c1ccc(F)cc1. The molecule has 5 rings (SSSR count). The van der Waals surface area contributed by atoms with Gasteiger partial charge in [-0.15, -0.1) is 0 Å². The third kappa shape index (κ3) is 4.64. The van der Waals surface area contributed by atoms with Gasteiger partial charge in [0.25, 0.3) is 10.0 Å². The number of halogens is 2. The normalized spacial score (nSPS) is 23.2. The van der Waals surface area contributed by atoms with Gasteiger partial charge in [-0.3, -0.25) is 14.0 Å². The van der Waals surface area contributed by atoms with Crippen molar-refractivity contribution in [2.24, 2.45) is 5.92 Å². The molecule has 1 unspecified atom stereocenters. The van der Waals surface area contributed by atoms with Gasteiger partial charge in [-0.25, -0.2) is 17.8 Å². The topological polar surface area (TPSA) is 84.4 Å². The number of ether oxygens (including phenoxy) is 1. The summed E-state index contributed by atoms with van der Waals surface area (Å²) in [5, 5.41) is 0.189. The molecule has 3 aromatic rings. The Morgan fingerprint density at radius 1 is 1.15 bits per heavy atom. The zero-order valence-electron chi connectivity index (χ0n) is 18.2. The first-order chi connectivity index (χ1) is 16.4. The van der Waals surface area contributed by atoms with E-state index in [9.17, 15) is 17.2 Å². The van der Waals surface area contributed by atoms with Gasteiger partial charge in [-0.05, 0) is 49.1 Å². The Bertz CT molecular complexity index is 1240. The number of hydrogen-bond acceptors (Lipinski definition) is 7. The zero-order valence-corrected chi connectivity index (χ0v) is 19.9. The van der Waals surface area contributed by atoms with Gasteiger partial charge in [-0.1, -0.05) is 18.2 Å². The highest BCUT2D eigenvalue weighted by molar-refractivity contribution is 7.93. The summed E-state index contributed by atoms with van der Waals surface area (Å²) < 4.78 is 64.8. The summed E-state index contributed by atoms with van der Waals surface area (Å²) >= 11 is 0.954.